The summed E-state index contributed by atoms with van der Waals surface area (Å²) < 4.78 is 0. The van der Waals surface area contributed by atoms with Crippen molar-refractivity contribution in [2.24, 2.45) is 0 Å². The molecule has 1 rings (SSSR count). The fourth-order valence-electron chi connectivity index (χ4n) is 1.21. The van der Waals surface area contributed by atoms with Crippen molar-refractivity contribution in [2.75, 3.05) is 0 Å². The van der Waals surface area contributed by atoms with Crippen LogP contribution >= 0.6 is 0 Å². The van der Waals surface area contributed by atoms with Crippen molar-refractivity contribution in [1.29, 1.82) is 0 Å². The molecule has 1 aromatic carbocycles. The number of hydrogen-bond donors (Lipinski definition) is 0. The Morgan fingerprint density at radius 1 is 1.33 bits per heavy atom. The van der Waals surface area contributed by atoms with Gasteiger partial charge in [0.1, 0.15) is 0 Å². The Hall–Kier alpha value is -0.975. The first-order valence-electron chi connectivity index (χ1n) is 4.57. The monoisotopic (exact) mass is 158 g/mol. The van der Waals surface area contributed by atoms with Gasteiger partial charge in [0, 0.05) is 0 Å². The molecule has 1 aromatic rings. The maximum Gasteiger partial charge on any atom is 0.157 e. The van der Waals surface area contributed by atoms with Crippen LogP contribution in [0.4, 0.5) is 0 Å². The van der Waals surface area contributed by atoms with E-state index < -0.39 is 0 Å². The molecule has 0 heterocycles. The largest absolute Gasteiger partial charge is 0.157 e. The average Bonchev–Trinajstić information content (AvgIpc) is 2.15. The minimum Gasteiger partial charge on any atom is -0.104 e. The Balaban J connectivity index is 2.54. The zero-order valence-corrected chi connectivity index (χ0v) is 7.72. The molecule has 12 heavy (non-hydrogen) atoms. The van der Waals surface area contributed by atoms with Crippen LogP contribution in [0.15, 0.2) is 36.9 Å². The maximum atomic E-state index is 4.06. The summed E-state index contributed by atoms with van der Waals surface area (Å²) in [7, 11) is 1.13. The molecule has 0 aliphatic rings. The summed E-state index contributed by atoms with van der Waals surface area (Å²) >= 11 is 0. The molecule has 0 aliphatic carbocycles. The second-order valence-electron chi connectivity index (χ2n) is 3.07. The van der Waals surface area contributed by atoms with E-state index >= 15 is 0 Å². The quantitative estimate of drug-likeness (QED) is 0.591. The maximum absolute atomic E-state index is 4.06. The van der Waals surface area contributed by atoms with Crippen LogP contribution in [0.1, 0.15) is 18.9 Å². The minimum absolute atomic E-state index is 1.13. The Morgan fingerprint density at radius 3 is 2.58 bits per heavy atom. The Kier molecular flexibility index (Phi) is 3.66. The summed E-state index contributed by atoms with van der Waals surface area (Å²) in [6, 6.07) is 10.4. The average molecular weight is 158 g/mol. The molecule has 0 saturated carbocycles. The van der Waals surface area contributed by atoms with Gasteiger partial charge in [0.2, 0.25) is 0 Å². The van der Waals surface area contributed by atoms with E-state index in [2.05, 4.69) is 37.8 Å². The van der Waals surface area contributed by atoms with Gasteiger partial charge in [-0.25, -0.2) is 0 Å². The summed E-state index contributed by atoms with van der Waals surface area (Å²) in [5.74, 6) is 0. The number of hydrogen-bond acceptors (Lipinski definition) is 0. The second kappa shape index (κ2) is 4.81. The summed E-state index contributed by atoms with van der Waals surface area (Å²) in [6.07, 6.45) is 2.49. The van der Waals surface area contributed by atoms with Crippen molar-refractivity contribution in [3.05, 3.63) is 42.5 Å². The van der Waals surface area contributed by atoms with Crippen molar-refractivity contribution >= 4 is 12.8 Å². The Labute approximate surface area is 75.6 Å². The molecule has 0 amide bonds. The topological polar surface area (TPSA) is 0 Å². The van der Waals surface area contributed by atoms with E-state index in [1.54, 1.807) is 0 Å². The number of benzene rings is 1. The third-order valence-corrected chi connectivity index (χ3v) is 2.01. The van der Waals surface area contributed by atoms with E-state index in [-0.39, 0.29) is 0 Å². The van der Waals surface area contributed by atoms with Gasteiger partial charge in [-0.1, -0.05) is 55.5 Å². The van der Waals surface area contributed by atoms with Gasteiger partial charge in [0.25, 0.3) is 0 Å². The molecule has 62 valence electrons. The minimum atomic E-state index is 1.13. The zero-order chi connectivity index (χ0) is 8.81. The lowest BCUT2D eigenvalue weighted by Crippen LogP contribution is -1.92. The molecule has 0 spiro atoms. The molecule has 0 aliphatic heterocycles. The molecule has 0 N–H and O–H groups in total. The van der Waals surface area contributed by atoms with E-state index in [9.17, 15) is 0 Å². The smallest absolute Gasteiger partial charge is 0.104 e. The van der Waals surface area contributed by atoms with Crippen molar-refractivity contribution in [3.8, 4) is 0 Å². The van der Waals surface area contributed by atoms with Crippen LogP contribution in [-0.4, -0.2) is 7.28 Å². The fraction of sp³-hybridized carbons (Fsp3) is 0.273. The van der Waals surface area contributed by atoms with Gasteiger partial charge in [-0.05, 0) is 5.56 Å². The van der Waals surface area contributed by atoms with Gasteiger partial charge in [-0.2, -0.15) is 0 Å². The van der Waals surface area contributed by atoms with Gasteiger partial charge in [0.05, 0.1) is 0 Å². The van der Waals surface area contributed by atoms with Crippen molar-refractivity contribution in [3.63, 3.8) is 0 Å². The highest BCUT2D eigenvalue weighted by Gasteiger charge is 1.97. The standard InChI is InChI=1S/C11H15B/c1-3-9-12-10(2)11-7-5-4-6-8-11/h4-8,12H,2-3,9H2,1H3. The Bertz CT molecular complexity index is 238. The summed E-state index contributed by atoms with van der Waals surface area (Å²) in [5.41, 5.74) is 2.54. The molecule has 0 atom stereocenters. The lowest BCUT2D eigenvalue weighted by Gasteiger charge is -2.02. The van der Waals surface area contributed by atoms with Crippen molar-refractivity contribution in [2.45, 2.75) is 19.7 Å². The predicted molar refractivity (Wildman–Crippen MR) is 57.7 cm³/mol. The van der Waals surface area contributed by atoms with Crippen LogP contribution in [0.5, 0.6) is 0 Å². The lowest BCUT2D eigenvalue weighted by atomic mass is 9.64. The lowest BCUT2D eigenvalue weighted by molar-refractivity contribution is 1.08. The Morgan fingerprint density at radius 2 is 2.00 bits per heavy atom. The first-order valence-corrected chi connectivity index (χ1v) is 4.57. The SMILES string of the molecule is C=C(BCCC)c1ccccc1. The van der Waals surface area contributed by atoms with E-state index in [4.69, 9.17) is 0 Å². The normalized spacial score (nSPS) is 9.42. The molecular weight excluding hydrogens is 143 g/mol. The highest BCUT2D eigenvalue weighted by molar-refractivity contribution is 6.60. The molecule has 0 fully saturated rings. The van der Waals surface area contributed by atoms with Crippen LogP contribution in [0.3, 0.4) is 0 Å². The second-order valence-corrected chi connectivity index (χ2v) is 3.07. The van der Waals surface area contributed by atoms with Gasteiger partial charge in [-0.3, -0.25) is 0 Å². The molecule has 0 saturated heterocycles. The van der Waals surface area contributed by atoms with Gasteiger partial charge >= 0.3 is 0 Å². The highest BCUT2D eigenvalue weighted by Crippen LogP contribution is 2.11. The molecule has 0 bridgehead atoms. The van der Waals surface area contributed by atoms with E-state index in [0.29, 0.717) is 0 Å². The van der Waals surface area contributed by atoms with Crippen LogP contribution < -0.4 is 0 Å². The first kappa shape index (κ1) is 9.12. The van der Waals surface area contributed by atoms with Gasteiger partial charge in [0.15, 0.2) is 7.28 Å². The molecule has 1 heteroatoms. The first-order chi connectivity index (χ1) is 5.84. The van der Waals surface area contributed by atoms with Crippen LogP contribution in [0.2, 0.25) is 6.32 Å². The van der Waals surface area contributed by atoms with Crippen molar-refractivity contribution in [1.82, 2.24) is 0 Å². The summed E-state index contributed by atoms with van der Waals surface area (Å²) in [6.45, 7) is 6.27. The molecule has 0 unspecified atom stereocenters. The highest BCUT2D eigenvalue weighted by atomic mass is 13.9. The van der Waals surface area contributed by atoms with Gasteiger partial charge < -0.3 is 0 Å². The zero-order valence-electron chi connectivity index (χ0n) is 7.72. The summed E-state index contributed by atoms with van der Waals surface area (Å²) in [4.78, 5) is 0. The predicted octanol–water partition coefficient (Wildman–Crippen LogP) is 2.92. The molecular formula is C11H15B. The summed E-state index contributed by atoms with van der Waals surface area (Å²) in [5, 5.41) is 0. The van der Waals surface area contributed by atoms with Crippen LogP contribution in [0.25, 0.3) is 5.47 Å². The van der Waals surface area contributed by atoms with E-state index in [1.165, 1.54) is 23.8 Å². The third-order valence-electron chi connectivity index (χ3n) is 2.01. The number of rotatable bonds is 4. The fourth-order valence-corrected chi connectivity index (χ4v) is 1.21. The van der Waals surface area contributed by atoms with Crippen LogP contribution in [-0.2, 0) is 0 Å². The van der Waals surface area contributed by atoms with E-state index in [0.717, 1.165) is 7.28 Å². The molecule has 0 nitrogen and oxygen atoms in total. The van der Waals surface area contributed by atoms with Crippen molar-refractivity contribution < 1.29 is 0 Å². The van der Waals surface area contributed by atoms with Gasteiger partial charge in [-0.15, -0.1) is 6.58 Å². The third kappa shape index (κ3) is 2.57. The van der Waals surface area contributed by atoms with Crippen LogP contribution in [0, 0.1) is 0 Å². The molecule has 0 radical (unpaired) electrons. The molecule has 0 aromatic heterocycles. The van der Waals surface area contributed by atoms with E-state index in [1.807, 2.05) is 6.07 Å².